The maximum atomic E-state index is 13.8. The van der Waals surface area contributed by atoms with E-state index in [4.69, 9.17) is 14.2 Å². The Hall–Kier alpha value is -4.92. The summed E-state index contributed by atoms with van der Waals surface area (Å²) in [6, 6.07) is 21.6. The average Bonchev–Trinajstić information content (AvgIpc) is 3.03. The number of aryl methyl sites for hydroxylation is 1. The first kappa shape index (κ1) is 27.3. The lowest BCUT2D eigenvalue weighted by Crippen LogP contribution is -2.40. The van der Waals surface area contributed by atoms with Gasteiger partial charge in [-0.25, -0.2) is 9.97 Å². The molecule has 1 N–H and O–H groups in total. The van der Waals surface area contributed by atoms with E-state index < -0.39 is 0 Å². The van der Waals surface area contributed by atoms with Crippen molar-refractivity contribution >= 4 is 11.8 Å². The summed E-state index contributed by atoms with van der Waals surface area (Å²) in [6.45, 7) is 1.50. The van der Waals surface area contributed by atoms with Crippen LogP contribution in [-0.2, 0) is 17.6 Å². The molecular weight excluding hydrogens is 532 g/mol. The Bertz CT molecular complexity index is 1570. The molecule has 5 aliphatic heterocycles. The second-order valence-electron chi connectivity index (χ2n) is 10.3. The smallest absolute Gasteiger partial charge is 0.316 e. The van der Waals surface area contributed by atoms with Gasteiger partial charge < -0.3 is 24.4 Å². The number of aromatic nitrogens is 2. The van der Waals surface area contributed by atoms with Crippen molar-refractivity contribution in [3.8, 4) is 23.3 Å². The van der Waals surface area contributed by atoms with Crippen LogP contribution < -0.4 is 19.5 Å². The quantitative estimate of drug-likeness (QED) is 0.370. The number of carbonyl (C=O) groups is 2. The Kier molecular flexibility index (Phi) is 7.98. The van der Waals surface area contributed by atoms with Gasteiger partial charge in [0.05, 0.1) is 25.3 Å². The predicted octanol–water partition coefficient (Wildman–Crippen LogP) is 4.90. The minimum absolute atomic E-state index is 0.0175. The number of amides is 2. The second kappa shape index (κ2) is 12.3. The molecule has 0 saturated carbocycles. The third kappa shape index (κ3) is 6.05. The molecule has 9 nitrogen and oxygen atoms in total. The fourth-order valence-electron chi connectivity index (χ4n) is 5.41. The van der Waals surface area contributed by atoms with Crippen molar-refractivity contribution in [3.63, 3.8) is 0 Å². The van der Waals surface area contributed by atoms with Crippen LogP contribution in [0.3, 0.4) is 0 Å². The lowest BCUT2D eigenvalue weighted by Gasteiger charge is -2.38. The summed E-state index contributed by atoms with van der Waals surface area (Å²) in [5.74, 6) is 2.01. The van der Waals surface area contributed by atoms with Crippen molar-refractivity contribution in [2.45, 2.75) is 31.7 Å². The van der Waals surface area contributed by atoms with Gasteiger partial charge in [-0.05, 0) is 77.9 Å². The zero-order valence-corrected chi connectivity index (χ0v) is 23.4. The SMILES string of the molecule is COc1ncc(C(=O)N2CCc3cc4ccc3C2c2cccc(c2)OCCCNC(=O)CCc2ccc(cc2)O4)cn1. The fraction of sp³-hybridized carbons (Fsp3) is 0.273. The van der Waals surface area contributed by atoms with E-state index in [1.165, 1.54) is 19.5 Å². The minimum Gasteiger partial charge on any atom is -0.494 e. The van der Waals surface area contributed by atoms with E-state index in [9.17, 15) is 9.59 Å². The highest BCUT2D eigenvalue weighted by Crippen LogP contribution is 2.39. The van der Waals surface area contributed by atoms with Gasteiger partial charge in [-0.15, -0.1) is 0 Å². The summed E-state index contributed by atoms with van der Waals surface area (Å²) >= 11 is 0. The molecule has 214 valence electrons. The largest absolute Gasteiger partial charge is 0.494 e. The van der Waals surface area contributed by atoms with Crippen molar-refractivity contribution in [3.05, 3.63) is 107 Å². The molecule has 6 heterocycles. The topological polar surface area (TPSA) is 103 Å². The summed E-state index contributed by atoms with van der Waals surface area (Å²) < 4.78 is 17.3. The van der Waals surface area contributed by atoms with Gasteiger partial charge in [-0.2, -0.15) is 0 Å². The fourth-order valence-corrected chi connectivity index (χ4v) is 5.41. The van der Waals surface area contributed by atoms with Crippen LogP contribution in [0.25, 0.3) is 0 Å². The first-order valence-corrected chi connectivity index (χ1v) is 14.1. The molecule has 0 aliphatic carbocycles. The van der Waals surface area contributed by atoms with Crippen LogP contribution in [0.15, 0.2) is 79.1 Å². The van der Waals surface area contributed by atoms with Crippen LogP contribution in [0.4, 0.5) is 0 Å². The molecule has 2 amide bonds. The monoisotopic (exact) mass is 564 g/mol. The third-order valence-corrected chi connectivity index (χ3v) is 7.55. The molecule has 5 aliphatic rings. The molecular formula is C33H32N4O5. The zero-order valence-electron chi connectivity index (χ0n) is 23.4. The molecule has 9 rings (SSSR count). The third-order valence-electron chi connectivity index (χ3n) is 7.55. The van der Waals surface area contributed by atoms with Crippen LogP contribution in [-0.4, -0.2) is 53.5 Å². The summed E-state index contributed by atoms with van der Waals surface area (Å²) in [5.41, 5.74) is 4.54. The summed E-state index contributed by atoms with van der Waals surface area (Å²) in [5, 5.41) is 2.97. The number of ether oxygens (including phenoxy) is 3. The lowest BCUT2D eigenvalue weighted by atomic mass is 9.87. The Morgan fingerprint density at radius 3 is 2.57 bits per heavy atom. The number of rotatable bonds is 2. The van der Waals surface area contributed by atoms with Crippen molar-refractivity contribution in [2.75, 3.05) is 26.8 Å². The Balaban J connectivity index is 1.37. The van der Waals surface area contributed by atoms with Crippen LogP contribution in [0.5, 0.6) is 23.3 Å². The normalized spacial score (nSPS) is 16.9. The molecule has 3 aromatic carbocycles. The van der Waals surface area contributed by atoms with E-state index in [0.29, 0.717) is 56.7 Å². The molecule has 9 heteroatoms. The van der Waals surface area contributed by atoms with Crippen molar-refractivity contribution in [1.82, 2.24) is 20.2 Å². The van der Waals surface area contributed by atoms with Crippen LogP contribution in [0, 0.1) is 0 Å². The number of nitrogens with one attached hydrogen (secondary N) is 1. The minimum atomic E-state index is -0.353. The van der Waals surface area contributed by atoms with E-state index in [-0.39, 0.29) is 23.9 Å². The van der Waals surface area contributed by atoms with E-state index in [1.807, 2.05) is 65.6 Å². The molecule has 4 aromatic rings. The Morgan fingerprint density at radius 2 is 1.76 bits per heavy atom. The molecule has 0 fully saturated rings. The molecule has 1 aromatic heterocycles. The van der Waals surface area contributed by atoms with Crippen LogP contribution >= 0.6 is 0 Å². The molecule has 0 saturated heterocycles. The standard InChI is InChI=1S/C33H32N4O5/c1-40-33-35-20-25(21-36-33)32(39)37-16-14-23-18-28-11-12-29(23)31(37)24-4-2-5-27(19-24)41-17-3-15-34-30(38)13-8-22-6-9-26(42-28)10-7-22/h2,4-7,9-12,18-21,31H,3,8,13-17H2,1H3,(H,34,38). The summed E-state index contributed by atoms with van der Waals surface area (Å²) in [7, 11) is 1.49. The molecule has 1 unspecified atom stereocenters. The van der Waals surface area contributed by atoms with Gasteiger partial charge in [0.25, 0.3) is 5.91 Å². The maximum Gasteiger partial charge on any atom is 0.316 e. The van der Waals surface area contributed by atoms with Gasteiger partial charge in [0, 0.05) is 31.9 Å². The van der Waals surface area contributed by atoms with Gasteiger partial charge in [0.15, 0.2) is 0 Å². The Labute approximate surface area is 244 Å². The highest BCUT2D eigenvalue weighted by molar-refractivity contribution is 5.94. The van der Waals surface area contributed by atoms with Gasteiger partial charge in [0.1, 0.15) is 17.2 Å². The van der Waals surface area contributed by atoms with E-state index in [0.717, 1.165) is 33.8 Å². The average molecular weight is 565 g/mol. The first-order chi connectivity index (χ1) is 20.6. The van der Waals surface area contributed by atoms with Crippen molar-refractivity contribution < 1.29 is 23.8 Å². The molecule has 0 radical (unpaired) electrons. The number of hydrogen-bond donors (Lipinski definition) is 1. The highest BCUT2D eigenvalue weighted by Gasteiger charge is 2.33. The predicted molar refractivity (Wildman–Crippen MR) is 156 cm³/mol. The van der Waals surface area contributed by atoms with Gasteiger partial charge in [0.2, 0.25) is 5.91 Å². The molecule has 1 atom stereocenters. The number of hydrogen-bond acceptors (Lipinski definition) is 7. The van der Waals surface area contributed by atoms with Crippen LogP contribution in [0.1, 0.15) is 51.5 Å². The van der Waals surface area contributed by atoms with Gasteiger partial charge in [-0.3, -0.25) is 9.59 Å². The van der Waals surface area contributed by atoms with E-state index in [2.05, 4.69) is 21.4 Å². The van der Waals surface area contributed by atoms with Gasteiger partial charge in [-0.1, -0.05) is 30.3 Å². The summed E-state index contributed by atoms with van der Waals surface area (Å²) in [4.78, 5) is 36.3. The van der Waals surface area contributed by atoms with E-state index in [1.54, 1.807) is 0 Å². The molecule has 8 bridgehead atoms. The first-order valence-electron chi connectivity index (χ1n) is 14.1. The molecule has 0 spiro atoms. The number of benzene rings is 3. The van der Waals surface area contributed by atoms with Crippen LogP contribution in [0.2, 0.25) is 0 Å². The Morgan fingerprint density at radius 1 is 0.952 bits per heavy atom. The maximum absolute atomic E-state index is 13.8. The van der Waals surface area contributed by atoms with Gasteiger partial charge >= 0.3 is 6.01 Å². The number of methoxy groups -OCH3 is 1. The van der Waals surface area contributed by atoms with Crippen molar-refractivity contribution in [2.24, 2.45) is 0 Å². The lowest BCUT2D eigenvalue weighted by molar-refractivity contribution is -0.121. The second-order valence-corrected chi connectivity index (χ2v) is 10.3. The summed E-state index contributed by atoms with van der Waals surface area (Å²) in [6.07, 6.45) is 5.43. The van der Waals surface area contributed by atoms with Crippen molar-refractivity contribution in [1.29, 1.82) is 0 Å². The number of nitrogens with zero attached hydrogens (tertiary/aromatic N) is 3. The highest BCUT2D eigenvalue weighted by atomic mass is 16.5. The molecule has 42 heavy (non-hydrogen) atoms. The van der Waals surface area contributed by atoms with E-state index >= 15 is 0 Å². The number of carbonyl (C=O) groups excluding carboxylic acids is 2. The zero-order chi connectivity index (χ0) is 28.9.